The normalized spacial score (nSPS) is 27.8. The second-order valence-corrected chi connectivity index (χ2v) is 7.49. The number of benzene rings is 1. The summed E-state index contributed by atoms with van der Waals surface area (Å²) in [6.45, 7) is 2.33. The molecule has 6 heteroatoms. The monoisotopic (exact) mass is 354 g/mol. The standard InChI is InChI=1S/C18H24ClFN2O2/c1-21-8-3-6-18(12-23)7-9-22(11-16(18)21)17(24)10-13-14(19)4-2-5-15(13)20/h2,4-5,16,23H,3,6-12H2,1H3/t16-,18-/m1/s1. The maximum absolute atomic E-state index is 13.9. The van der Waals surface area contributed by atoms with Gasteiger partial charge in [-0.1, -0.05) is 17.7 Å². The molecule has 0 bridgehead atoms. The Morgan fingerprint density at radius 1 is 1.42 bits per heavy atom. The van der Waals surface area contributed by atoms with Crippen molar-refractivity contribution in [2.24, 2.45) is 5.41 Å². The average Bonchev–Trinajstić information content (AvgIpc) is 2.58. The van der Waals surface area contributed by atoms with Gasteiger partial charge in [-0.3, -0.25) is 4.79 Å². The van der Waals surface area contributed by atoms with E-state index in [1.165, 1.54) is 6.07 Å². The molecule has 0 aromatic heterocycles. The predicted octanol–water partition coefficient (Wildman–Crippen LogP) is 2.33. The van der Waals surface area contributed by atoms with Gasteiger partial charge in [-0.2, -0.15) is 0 Å². The number of carbonyl (C=O) groups excluding carboxylic acids is 1. The molecule has 2 aliphatic rings. The molecule has 24 heavy (non-hydrogen) atoms. The first-order valence-electron chi connectivity index (χ1n) is 8.48. The zero-order chi connectivity index (χ0) is 17.3. The van der Waals surface area contributed by atoms with E-state index in [9.17, 15) is 14.3 Å². The van der Waals surface area contributed by atoms with Crippen molar-refractivity contribution in [1.82, 2.24) is 9.80 Å². The number of likely N-dealkylation sites (N-methyl/N-ethyl adjacent to an activating group) is 1. The number of rotatable bonds is 3. The first kappa shape index (κ1) is 17.6. The maximum atomic E-state index is 13.9. The van der Waals surface area contributed by atoms with Crippen molar-refractivity contribution in [3.05, 3.63) is 34.6 Å². The van der Waals surface area contributed by atoms with E-state index >= 15 is 0 Å². The molecular formula is C18H24ClFN2O2. The van der Waals surface area contributed by atoms with Gasteiger partial charge in [0, 0.05) is 35.1 Å². The number of nitrogens with zero attached hydrogens (tertiary/aromatic N) is 2. The van der Waals surface area contributed by atoms with E-state index in [-0.39, 0.29) is 36.0 Å². The van der Waals surface area contributed by atoms with Gasteiger partial charge >= 0.3 is 0 Å². The number of halogens is 2. The second kappa shape index (κ2) is 6.98. The second-order valence-electron chi connectivity index (χ2n) is 7.09. The molecule has 1 aromatic rings. The Morgan fingerprint density at radius 2 is 2.21 bits per heavy atom. The molecule has 2 atom stereocenters. The van der Waals surface area contributed by atoms with Crippen LogP contribution in [0.15, 0.2) is 18.2 Å². The number of hydrogen-bond acceptors (Lipinski definition) is 3. The van der Waals surface area contributed by atoms with Crippen LogP contribution >= 0.6 is 11.6 Å². The molecule has 3 rings (SSSR count). The minimum atomic E-state index is -0.438. The van der Waals surface area contributed by atoms with Gasteiger partial charge in [-0.15, -0.1) is 0 Å². The van der Waals surface area contributed by atoms with Gasteiger partial charge in [0.1, 0.15) is 5.82 Å². The molecule has 0 aliphatic carbocycles. The van der Waals surface area contributed by atoms with Gasteiger partial charge < -0.3 is 14.9 Å². The van der Waals surface area contributed by atoms with Crippen LogP contribution in [0.1, 0.15) is 24.8 Å². The molecule has 1 N–H and O–H groups in total. The fourth-order valence-electron chi connectivity index (χ4n) is 4.21. The average molecular weight is 355 g/mol. The highest BCUT2D eigenvalue weighted by atomic mass is 35.5. The topological polar surface area (TPSA) is 43.8 Å². The number of likely N-dealkylation sites (tertiary alicyclic amines) is 2. The van der Waals surface area contributed by atoms with Gasteiger partial charge in [-0.25, -0.2) is 4.39 Å². The molecule has 2 heterocycles. The number of hydrogen-bond donors (Lipinski definition) is 1. The molecule has 0 saturated carbocycles. The lowest BCUT2D eigenvalue weighted by Crippen LogP contribution is -2.62. The van der Waals surface area contributed by atoms with Gasteiger partial charge in [0.05, 0.1) is 13.0 Å². The number of aliphatic hydroxyl groups is 1. The molecule has 2 saturated heterocycles. The number of aliphatic hydroxyl groups excluding tert-OH is 1. The third-order valence-corrected chi connectivity index (χ3v) is 6.11. The van der Waals surface area contributed by atoms with Crippen molar-refractivity contribution in [3.8, 4) is 0 Å². The summed E-state index contributed by atoms with van der Waals surface area (Å²) in [5, 5.41) is 10.2. The van der Waals surface area contributed by atoms with Crippen LogP contribution in [-0.4, -0.2) is 60.1 Å². The molecule has 2 fully saturated rings. The lowest BCUT2D eigenvalue weighted by molar-refractivity contribution is -0.139. The molecule has 2 aliphatic heterocycles. The van der Waals surface area contributed by atoms with Gasteiger partial charge in [0.2, 0.25) is 5.91 Å². The van der Waals surface area contributed by atoms with Crippen molar-refractivity contribution >= 4 is 17.5 Å². The summed E-state index contributed by atoms with van der Waals surface area (Å²) >= 11 is 6.04. The van der Waals surface area contributed by atoms with Gasteiger partial charge in [-0.05, 0) is 45.0 Å². The Labute approximate surface area is 147 Å². The van der Waals surface area contributed by atoms with Crippen LogP contribution in [0.2, 0.25) is 5.02 Å². The van der Waals surface area contributed by atoms with Crippen LogP contribution in [0, 0.1) is 11.2 Å². The van der Waals surface area contributed by atoms with E-state index < -0.39 is 5.82 Å². The van der Waals surface area contributed by atoms with Crippen LogP contribution < -0.4 is 0 Å². The van der Waals surface area contributed by atoms with Crippen LogP contribution in [0.25, 0.3) is 0 Å². The summed E-state index contributed by atoms with van der Waals surface area (Å²) in [4.78, 5) is 16.7. The molecule has 4 nitrogen and oxygen atoms in total. The summed E-state index contributed by atoms with van der Waals surface area (Å²) in [6.07, 6.45) is 2.84. The molecule has 0 radical (unpaired) electrons. The molecule has 1 aromatic carbocycles. The lowest BCUT2D eigenvalue weighted by Gasteiger charge is -2.53. The quantitative estimate of drug-likeness (QED) is 0.906. The Hall–Kier alpha value is -1.17. The van der Waals surface area contributed by atoms with E-state index in [4.69, 9.17) is 11.6 Å². The first-order chi connectivity index (χ1) is 11.5. The number of carbonyl (C=O) groups is 1. The van der Waals surface area contributed by atoms with Crippen molar-refractivity contribution in [1.29, 1.82) is 0 Å². The fourth-order valence-corrected chi connectivity index (χ4v) is 4.44. The Balaban J connectivity index is 1.73. The van der Waals surface area contributed by atoms with Gasteiger partial charge in [0.15, 0.2) is 0 Å². The number of amides is 1. The summed E-state index contributed by atoms with van der Waals surface area (Å²) in [7, 11) is 2.05. The van der Waals surface area contributed by atoms with E-state index in [0.29, 0.717) is 18.1 Å². The SMILES string of the molecule is CN1CCC[C@]2(CO)CCN(C(=O)Cc3c(F)cccc3Cl)C[C@@H]12. The van der Waals surface area contributed by atoms with E-state index in [0.717, 1.165) is 25.8 Å². The Bertz CT molecular complexity index is 607. The van der Waals surface area contributed by atoms with Crippen molar-refractivity contribution < 1.29 is 14.3 Å². The summed E-state index contributed by atoms with van der Waals surface area (Å²) < 4.78 is 13.9. The van der Waals surface area contributed by atoms with Crippen molar-refractivity contribution in [3.63, 3.8) is 0 Å². The van der Waals surface area contributed by atoms with Crippen LogP contribution in [0.4, 0.5) is 4.39 Å². The van der Waals surface area contributed by atoms with Crippen LogP contribution in [0.3, 0.4) is 0 Å². The fraction of sp³-hybridized carbons (Fsp3) is 0.611. The highest BCUT2D eigenvalue weighted by molar-refractivity contribution is 6.31. The third kappa shape index (κ3) is 3.17. The molecular weight excluding hydrogens is 331 g/mol. The minimum absolute atomic E-state index is 0.0198. The van der Waals surface area contributed by atoms with Crippen molar-refractivity contribution in [2.45, 2.75) is 31.7 Å². The maximum Gasteiger partial charge on any atom is 0.227 e. The highest BCUT2D eigenvalue weighted by Gasteiger charge is 2.47. The largest absolute Gasteiger partial charge is 0.396 e. The zero-order valence-corrected chi connectivity index (χ0v) is 14.7. The van der Waals surface area contributed by atoms with E-state index in [1.54, 1.807) is 17.0 Å². The van der Waals surface area contributed by atoms with Crippen molar-refractivity contribution in [2.75, 3.05) is 33.3 Å². The third-order valence-electron chi connectivity index (χ3n) is 5.75. The summed E-state index contributed by atoms with van der Waals surface area (Å²) in [5.74, 6) is -0.542. The summed E-state index contributed by atoms with van der Waals surface area (Å²) in [5.41, 5.74) is 0.152. The summed E-state index contributed by atoms with van der Waals surface area (Å²) in [6, 6.07) is 4.63. The van der Waals surface area contributed by atoms with Crippen LogP contribution in [-0.2, 0) is 11.2 Å². The van der Waals surface area contributed by atoms with Crippen LogP contribution in [0.5, 0.6) is 0 Å². The van der Waals surface area contributed by atoms with Gasteiger partial charge in [0.25, 0.3) is 0 Å². The smallest absolute Gasteiger partial charge is 0.227 e. The number of piperidine rings is 2. The Morgan fingerprint density at radius 3 is 2.92 bits per heavy atom. The molecule has 0 unspecified atom stereocenters. The first-order valence-corrected chi connectivity index (χ1v) is 8.86. The minimum Gasteiger partial charge on any atom is -0.396 e. The molecule has 1 amide bonds. The predicted molar refractivity (Wildman–Crippen MR) is 91.5 cm³/mol. The molecule has 132 valence electrons. The highest BCUT2D eigenvalue weighted by Crippen LogP contribution is 2.41. The van der Waals surface area contributed by atoms with E-state index in [2.05, 4.69) is 11.9 Å². The zero-order valence-electron chi connectivity index (χ0n) is 14.0. The lowest BCUT2D eigenvalue weighted by atomic mass is 9.69. The molecule has 0 spiro atoms. The van der Waals surface area contributed by atoms with E-state index in [1.807, 2.05) is 0 Å². The number of fused-ring (bicyclic) bond motifs is 1. The Kier molecular flexibility index (Phi) is 5.13.